The Morgan fingerprint density at radius 2 is 2.38 bits per heavy atom. The smallest absolute Gasteiger partial charge is 0.250 e. The first-order valence-corrected chi connectivity index (χ1v) is 5.25. The summed E-state index contributed by atoms with van der Waals surface area (Å²) in [6.07, 6.45) is 2.59. The molecule has 0 spiro atoms. The van der Waals surface area contributed by atoms with Gasteiger partial charge in [0.25, 0.3) is 5.91 Å². The fourth-order valence-electron chi connectivity index (χ4n) is 1.35. The molecule has 0 aliphatic carbocycles. The number of rotatable bonds is 5. The minimum Gasteiger partial charge on any atom is -0.295 e. The van der Waals surface area contributed by atoms with Crippen molar-refractivity contribution in [1.29, 1.82) is 0 Å². The number of nitrogens with zero attached hydrogens (tertiary/aromatic N) is 2. The number of likely N-dealkylation sites (N-methyl/N-ethyl adjacent to an activating group) is 1. The maximum atomic E-state index is 11.3. The van der Waals surface area contributed by atoms with E-state index in [2.05, 4.69) is 10.4 Å². The first-order valence-electron chi connectivity index (χ1n) is 5.25. The van der Waals surface area contributed by atoms with Gasteiger partial charge in [0.05, 0.1) is 6.04 Å². The number of amides is 1. The maximum Gasteiger partial charge on any atom is 0.250 e. The molecule has 5 heteroatoms. The third kappa shape index (κ3) is 3.60. The van der Waals surface area contributed by atoms with E-state index in [1.165, 1.54) is 0 Å². The molecule has 0 radical (unpaired) electrons. The van der Waals surface area contributed by atoms with Crippen LogP contribution in [0.5, 0.6) is 0 Å². The van der Waals surface area contributed by atoms with Crippen molar-refractivity contribution in [3.8, 4) is 0 Å². The van der Waals surface area contributed by atoms with Gasteiger partial charge in [-0.15, -0.1) is 0 Å². The van der Waals surface area contributed by atoms with Gasteiger partial charge in [0.15, 0.2) is 0 Å². The standard InChI is InChI=1S/C11H18N4O/c1-9(11(16)14-12)15(2)8-6-10-5-3-4-7-13-10/h3-5,7,9H,6,8,12H2,1-2H3,(H,14,16). The van der Waals surface area contributed by atoms with E-state index < -0.39 is 0 Å². The summed E-state index contributed by atoms with van der Waals surface area (Å²) < 4.78 is 0. The van der Waals surface area contributed by atoms with E-state index in [4.69, 9.17) is 5.84 Å². The summed E-state index contributed by atoms with van der Waals surface area (Å²) in [7, 11) is 1.89. The van der Waals surface area contributed by atoms with E-state index in [0.717, 1.165) is 18.7 Å². The SMILES string of the molecule is CC(C(=O)NN)N(C)CCc1ccccn1. The third-order valence-corrected chi connectivity index (χ3v) is 2.63. The number of carbonyl (C=O) groups excluding carboxylic acids is 1. The monoisotopic (exact) mass is 222 g/mol. The number of nitrogens with one attached hydrogen (secondary N) is 1. The predicted molar refractivity (Wildman–Crippen MR) is 62.4 cm³/mol. The van der Waals surface area contributed by atoms with E-state index in [9.17, 15) is 4.79 Å². The van der Waals surface area contributed by atoms with Crippen LogP contribution in [0.2, 0.25) is 0 Å². The topological polar surface area (TPSA) is 71.2 Å². The molecular weight excluding hydrogens is 204 g/mol. The molecule has 0 saturated carbocycles. The molecule has 0 aromatic carbocycles. The summed E-state index contributed by atoms with van der Waals surface area (Å²) in [6, 6.07) is 5.59. The van der Waals surface area contributed by atoms with Crippen molar-refractivity contribution in [2.75, 3.05) is 13.6 Å². The number of hydrogen-bond acceptors (Lipinski definition) is 4. The van der Waals surface area contributed by atoms with Crippen LogP contribution in [0, 0.1) is 0 Å². The molecule has 3 N–H and O–H groups in total. The van der Waals surface area contributed by atoms with E-state index in [1.807, 2.05) is 37.1 Å². The van der Waals surface area contributed by atoms with Crippen molar-refractivity contribution in [3.63, 3.8) is 0 Å². The van der Waals surface area contributed by atoms with Crippen LogP contribution in [0.3, 0.4) is 0 Å². The van der Waals surface area contributed by atoms with Crippen LogP contribution in [0.15, 0.2) is 24.4 Å². The summed E-state index contributed by atoms with van der Waals surface area (Å²) in [4.78, 5) is 17.4. The van der Waals surface area contributed by atoms with E-state index in [1.54, 1.807) is 6.20 Å². The van der Waals surface area contributed by atoms with Crippen molar-refractivity contribution in [2.45, 2.75) is 19.4 Å². The lowest BCUT2D eigenvalue weighted by Gasteiger charge is -2.22. The number of hydrogen-bond donors (Lipinski definition) is 2. The molecule has 1 amide bonds. The lowest BCUT2D eigenvalue weighted by molar-refractivity contribution is -0.125. The number of aromatic nitrogens is 1. The Kier molecular flexibility index (Phi) is 4.88. The molecule has 1 unspecified atom stereocenters. The summed E-state index contributed by atoms with van der Waals surface area (Å²) in [5.41, 5.74) is 3.17. The fourth-order valence-corrected chi connectivity index (χ4v) is 1.35. The van der Waals surface area contributed by atoms with Crippen molar-refractivity contribution in [1.82, 2.24) is 15.3 Å². The molecule has 0 bridgehead atoms. The second-order valence-corrected chi connectivity index (χ2v) is 3.74. The van der Waals surface area contributed by atoms with Crippen LogP contribution in [-0.4, -0.2) is 35.4 Å². The Hall–Kier alpha value is -1.46. The van der Waals surface area contributed by atoms with E-state index in [0.29, 0.717) is 0 Å². The van der Waals surface area contributed by atoms with Gasteiger partial charge < -0.3 is 0 Å². The zero-order chi connectivity index (χ0) is 12.0. The lowest BCUT2D eigenvalue weighted by atomic mass is 10.2. The molecule has 1 heterocycles. The first-order chi connectivity index (χ1) is 7.65. The van der Waals surface area contributed by atoms with Crippen molar-refractivity contribution < 1.29 is 4.79 Å². The van der Waals surface area contributed by atoms with Crippen molar-refractivity contribution >= 4 is 5.91 Å². The second kappa shape index (κ2) is 6.19. The molecule has 1 aromatic heterocycles. The highest BCUT2D eigenvalue weighted by Gasteiger charge is 2.16. The molecule has 0 aliphatic heterocycles. The average Bonchev–Trinajstić information content (AvgIpc) is 2.35. The highest BCUT2D eigenvalue weighted by atomic mass is 16.2. The molecule has 1 atom stereocenters. The van der Waals surface area contributed by atoms with Crippen LogP contribution in [0.1, 0.15) is 12.6 Å². The Morgan fingerprint density at radius 1 is 1.62 bits per heavy atom. The van der Waals surface area contributed by atoms with E-state index in [-0.39, 0.29) is 11.9 Å². The van der Waals surface area contributed by atoms with Gasteiger partial charge >= 0.3 is 0 Å². The van der Waals surface area contributed by atoms with Crippen LogP contribution in [0.25, 0.3) is 0 Å². The summed E-state index contributed by atoms with van der Waals surface area (Å²) in [5.74, 6) is 4.90. The minimum absolute atomic E-state index is 0.177. The largest absolute Gasteiger partial charge is 0.295 e. The summed E-state index contributed by atoms with van der Waals surface area (Å²) in [5, 5.41) is 0. The predicted octanol–water partition coefficient (Wildman–Crippen LogP) is -0.0657. The summed E-state index contributed by atoms with van der Waals surface area (Å²) >= 11 is 0. The van der Waals surface area contributed by atoms with Crippen molar-refractivity contribution in [3.05, 3.63) is 30.1 Å². The van der Waals surface area contributed by atoms with Crippen molar-refractivity contribution in [2.24, 2.45) is 5.84 Å². The van der Waals surface area contributed by atoms with Gasteiger partial charge in [-0.1, -0.05) is 6.07 Å². The van der Waals surface area contributed by atoms with Crippen LogP contribution in [-0.2, 0) is 11.2 Å². The molecule has 88 valence electrons. The zero-order valence-corrected chi connectivity index (χ0v) is 9.68. The van der Waals surface area contributed by atoms with Gasteiger partial charge in [0, 0.05) is 24.9 Å². The van der Waals surface area contributed by atoms with Gasteiger partial charge in [0.1, 0.15) is 0 Å². The Morgan fingerprint density at radius 3 is 2.94 bits per heavy atom. The molecule has 0 aliphatic rings. The van der Waals surface area contributed by atoms with Gasteiger partial charge in [-0.2, -0.15) is 0 Å². The Bertz CT molecular complexity index is 328. The molecule has 16 heavy (non-hydrogen) atoms. The molecule has 1 aromatic rings. The van der Waals surface area contributed by atoms with Crippen LogP contribution in [0.4, 0.5) is 0 Å². The minimum atomic E-state index is -0.228. The number of carbonyl (C=O) groups is 1. The molecular formula is C11H18N4O. The van der Waals surface area contributed by atoms with Gasteiger partial charge in [-0.3, -0.25) is 20.1 Å². The average molecular weight is 222 g/mol. The fraction of sp³-hybridized carbons (Fsp3) is 0.455. The molecule has 0 saturated heterocycles. The lowest BCUT2D eigenvalue weighted by Crippen LogP contribution is -2.46. The summed E-state index contributed by atoms with van der Waals surface area (Å²) in [6.45, 7) is 2.59. The normalized spacial score (nSPS) is 12.5. The molecule has 0 fully saturated rings. The quantitative estimate of drug-likeness (QED) is 0.416. The maximum absolute atomic E-state index is 11.3. The number of pyridine rings is 1. The van der Waals surface area contributed by atoms with Gasteiger partial charge in [-0.05, 0) is 26.1 Å². The highest BCUT2D eigenvalue weighted by molar-refractivity contribution is 5.80. The van der Waals surface area contributed by atoms with Crippen LogP contribution >= 0.6 is 0 Å². The van der Waals surface area contributed by atoms with E-state index >= 15 is 0 Å². The second-order valence-electron chi connectivity index (χ2n) is 3.74. The van der Waals surface area contributed by atoms with Crippen LogP contribution < -0.4 is 11.3 Å². The molecule has 5 nitrogen and oxygen atoms in total. The number of hydrazine groups is 1. The first kappa shape index (κ1) is 12.6. The highest BCUT2D eigenvalue weighted by Crippen LogP contribution is 2.00. The Balaban J connectivity index is 2.41. The van der Waals surface area contributed by atoms with Gasteiger partial charge in [0.2, 0.25) is 0 Å². The third-order valence-electron chi connectivity index (χ3n) is 2.63. The Labute approximate surface area is 95.6 Å². The zero-order valence-electron chi connectivity index (χ0n) is 9.68. The van der Waals surface area contributed by atoms with Gasteiger partial charge in [-0.25, -0.2) is 5.84 Å². The number of nitrogens with two attached hydrogens (primary N) is 1. The molecule has 1 rings (SSSR count).